The second-order valence-corrected chi connectivity index (χ2v) is 4.54. The van der Waals surface area contributed by atoms with Gasteiger partial charge >= 0.3 is 5.82 Å². The monoisotopic (exact) mass is 243 g/mol. The first-order chi connectivity index (χ1) is 5.84. The summed E-state index contributed by atoms with van der Waals surface area (Å²) in [6, 6.07) is 0. The first-order valence-corrected chi connectivity index (χ1v) is 4.20. The SMILES string of the molecule is Cn1c([N+](=O)[O-])cnc1C(Cl)(Cl)Cl. The van der Waals surface area contributed by atoms with Crippen LogP contribution in [0.2, 0.25) is 0 Å². The Morgan fingerprint density at radius 3 is 2.38 bits per heavy atom. The van der Waals surface area contributed by atoms with Crippen LogP contribution in [0.25, 0.3) is 0 Å². The van der Waals surface area contributed by atoms with Crippen molar-refractivity contribution in [1.82, 2.24) is 9.55 Å². The minimum atomic E-state index is -1.75. The molecule has 0 spiro atoms. The van der Waals surface area contributed by atoms with Crippen molar-refractivity contribution in [3.63, 3.8) is 0 Å². The smallest absolute Gasteiger partial charge is 0.342 e. The molecule has 0 saturated carbocycles. The van der Waals surface area contributed by atoms with Gasteiger partial charge in [0.05, 0.1) is 7.05 Å². The van der Waals surface area contributed by atoms with Crippen molar-refractivity contribution in [1.29, 1.82) is 0 Å². The van der Waals surface area contributed by atoms with Gasteiger partial charge in [-0.2, -0.15) is 0 Å². The van der Waals surface area contributed by atoms with Gasteiger partial charge in [0.15, 0.2) is 0 Å². The molecule has 0 N–H and O–H groups in total. The Morgan fingerprint density at radius 2 is 2.15 bits per heavy atom. The van der Waals surface area contributed by atoms with Crippen molar-refractivity contribution in [2.24, 2.45) is 7.05 Å². The van der Waals surface area contributed by atoms with Gasteiger partial charge in [-0.25, -0.2) is 9.55 Å². The highest BCUT2D eigenvalue weighted by Crippen LogP contribution is 2.38. The van der Waals surface area contributed by atoms with E-state index in [0.29, 0.717) is 0 Å². The van der Waals surface area contributed by atoms with Crippen LogP contribution in [0.4, 0.5) is 5.82 Å². The van der Waals surface area contributed by atoms with Crippen LogP contribution in [-0.4, -0.2) is 14.5 Å². The van der Waals surface area contributed by atoms with Crippen LogP contribution in [0.3, 0.4) is 0 Å². The highest BCUT2D eigenvalue weighted by Gasteiger charge is 2.34. The van der Waals surface area contributed by atoms with Gasteiger partial charge in [-0.3, -0.25) is 0 Å². The molecule has 0 fully saturated rings. The number of nitro groups is 1. The van der Waals surface area contributed by atoms with Crippen LogP contribution >= 0.6 is 34.8 Å². The average molecular weight is 244 g/mol. The van der Waals surface area contributed by atoms with E-state index >= 15 is 0 Å². The molecule has 0 bridgehead atoms. The number of imidazole rings is 1. The van der Waals surface area contributed by atoms with Crippen LogP contribution in [0.1, 0.15) is 5.82 Å². The predicted octanol–water partition coefficient (Wildman–Crippen LogP) is 2.16. The third kappa shape index (κ3) is 2.04. The van der Waals surface area contributed by atoms with Crippen molar-refractivity contribution in [3.05, 3.63) is 22.1 Å². The number of hydrogen-bond acceptors (Lipinski definition) is 3. The first-order valence-electron chi connectivity index (χ1n) is 3.07. The minimum Gasteiger partial charge on any atom is -0.358 e. The molecule has 1 aromatic heterocycles. The molecule has 0 saturated heterocycles. The molecule has 1 heterocycles. The maximum absolute atomic E-state index is 10.4. The second kappa shape index (κ2) is 3.32. The summed E-state index contributed by atoms with van der Waals surface area (Å²) in [6.07, 6.45) is 1.04. The maximum atomic E-state index is 10.4. The Hall–Kier alpha value is -0.520. The standard InChI is InChI=1S/C5H4Cl3N3O2/c1-10-3(11(12)13)2-9-4(10)5(6,7)8/h2H,1H3. The lowest BCUT2D eigenvalue weighted by Gasteiger charge is -2.05. The fourth-order valence-corrected chi connectivity index (χ4v) is 1.36. The average Bonchev–Trinajstić information content (AvgIpc) is 2.28. The van der Waals surface area contributed by atoms with Gasteiger partial charge in [-0.05, 0) is 4.92 Å². The molecule has 0 unspecified atom stereocenters. The summed E-state index contributed by atoms with van der Waals surface area (Å²) in [6.45, 7) is 0. The normalized spacial score (nSPS) is 11.7. The first kappa shape index (κ1) is 10.6. The van der Waals surface area contributed by atoms with Crippen LogP contribution in [-0.2, 0) is 10.8 Å². The third-order valence-corrected chi connectivity index (χ3v) is 1.91. The number of nitrogens with zero attached hydrogens (tertiary/aromatic N) is 3. The van der Waals surface area contributed by atoms with Crippen LogP contribution in [0.15, 0.2) is 6.20 Å². The molecule has 0 aliphatic heterocycles. The van der Waals surface area contributed by atoms with Crippen molar-refractivity contribution >= 4 is 40.6 Å². The molecule has 72 valence electrons. The Labute approximate surface area is 88.4 Å². The molecular formula is C5H4Cl3N3O2. The number of aromatic nitrogens is 2. The van der Waals surface area contributed by atoms with Gasteiger partial charge in [0, 0.05) is 0 Å². The Morgan fingerprint density at radius 1 is 1.62 bits per heavy atom. The molecule has 8 heteroatoms. The van der Waals surface area contributed by atoms with Gasteiger partial charge in [0.2, 0.25) is 5.82 Å². The van der Waals surface area contributed by atoms with E-state index in [1.807, 2.05) is 0 Å². The fourth-order valence-electron chi connectivity index (χ4n) is 0.834. The van der Waals surface area contributed by atoms with E-state index < -0.39 is 8.72 Å². The molecule has 1 rings (SSSR count). The number of hydrogen-bond donors (Lipinski definition) is 0. The quantitative estimate of drug-likeness (QED) is 0.432. The predicted molar refractivity (Wildman–Crippen MR) is 49.1 cm³/mol. The summed E-state index contributed by atoms with van der Waals surface area (Å²) in [5, 5.41) is 10.4. The van der Waals surface area contributed by atoms with E-state index in [2.05, 4.69) is 4.98 Å². The summed E-state index contributed by atoms with van der Waals surface area (Å²) < 4.78 is -0.629. The topological polar surface area (TPSA) is 61.0 Å². The molecule has 0 aliphatic rings. The van der Waals surface area contributed by atoms with E-state index in [4.69, 9.17) is 34.8 Å². The molecule has 0 aromatic carbocycles. The van der Waals surface area contributed by atoms with Gasteiger partial charge < -0.3 is 10.1 Å². The zero-order valence-electron chi connectivity index (χ0n) is 6.37. The van der Waals surface area contributed by atoms with E-state index in [-0.39, 0.29) is 11.6 Å². The maximum Gasteiger partial charge on any atom is 0.342 e. The molecule has 13 heavy (non-hydrogen) atoms. The molecule has 1 aromatic rings. The molecule has 0 atom stereocenters. The summed E-state index contributed by atoms with van der Waals surface area (Å²) >= 11 is 16.5. The highest BCUT2D eigenvalue weighted by atomic mass is 35.6. The highest BCUT2D eigenvalue weighted by molar-refractivity contribution is 6.66. The molecule has 0 aliphatic carbocycles. The van der Waals surface area contributed by atoms with Gasteiger partial charge in [0.1, 0.15) is 6.20 Å². The molecule has 0 amide bonds. The Bertz CT molecular complexity index is 343. The molecule has 0 radical (unpaired) electrons. The largest absolute Gasteiger partial charge is 0.358 e. The van der Waals surface area contributed by atoms with Gasteiger partial charge in [-0.1, -0.05) is 34.8 Å². The lowest BCUT2D eigenvalue weighted by molar-refractivity contribution is -0.391. The van der Waals surface area contributed by atoms with Crippen molar-refractivity contribution in [3.8, 4) is 0 Å². The van der Waals surface area contributed by atoms with Gasteiger partial charge in [-0.15, -0.1) is 0 Å². The lowest BCUT2D eigenvalue weighted by Crippen LogP contribution is -2.10. The van der Waals surface area contributed by atoms with Crippen LogP contribution < -0.4 is 0 Å². The van der Waals surface area contributed by atoms with Crippen LogP contribution in [0.5, 0.6) is 0 Å². The Balaban J connectivity index is 3.22. The van der Waals surface area contributed by atoms with E-state index in [1.54, 1.807) is 0 Å². The zero-order chi connectivity index (χ0) is 10.2. The summed E-state index contributed by atoms with van der Waals surface area (Å²) in [4.78, 5) is 13.4. The third-order valence-electron chi connectivity index (χ3n) is 1.40. The number of rotatable bonds is 1. The lowest BCUT2D eigenvalue weighted by atomic mass is 10.7. The fraction of sp³-hybridized carbons (Fsp3) is 0.400. The Kier molecular flexibility index (Phi) is 2.70. The molecule has 5 nitrogen and oxygen atoms in total. The number of alkyl halides is 3. The second-order valence-electron chi connectivity index (χ2n) is 2.25. The van der Waals surface area contributed by atoms with Crippen LogP contribution in [0, 0.1) is 10.1 Å². The molecular weight excluding hydrogens is 240 g/mol. The van der Waals surface area contributed by atoms with Crippen molar-refractivity contribution in [2.45, 2.75) is 3.79 Å². The van der Waals surface area contributed by atoms with E-state index in [9.17, 15) is 10.1 Å². The minimum absolute atomic E-state index is 0.0178. The van der Waals surface area contributed by atoms with E-state index in [0.717, 1.165) is 10.8 Å². The van der Waals surface area contributed by atoms with E-state index in [1.165, 1.54) is 7.05 Å². The summed E-state index contributed by atoms with van der Waals surface area (Å²) in [5.41, 5.74) is 0. The van der Waals surface area contributed by atoms with Crippen molar-refractivity contribution < 1.29 is 4.92 Å². The summed E-state index contributed by atoms with van der Waals surface area (Å²) in [5.74, 6) is -0.203. The van der Waals surface area contributed by atoms with Crippen molar-refractivity contribution in [2.75, 3.05) is 0 Å². The number of halogens is 3. The summed E-state index contributed by atoms with van der Waals surface area (Å²) in [7, 11) is 1.41. The van der Waals surface area contributed by atoms with Gasteiger partial charge in [0.25, 0.3) is 3.79 Å². The zero-order valence-corrected chi connectivity index (χ0v) is 8.64.